The number of methoxy groups -OCH3 is 2. The molecule has 2 bridgehead atoms. The van der Waals surface area contributed by atoms with Gasteiger partial charge in [-0.1, -0.05) is 121 Å². The molecule has 1 radical (unpaired) electrons. The van der Waals surface area contributed by atoms with Crippen LogP contribution in [-0.4, -0.2) is 33.8 Å². The van der Waals surface area contributed by atoms with Crippen molar-refractivity contribution in [2.24, 2.45) is 11.8 Å². The third kappa shape index (κ3) is 11.5. The Morgan fingerprint density at radius 3 is 1.16 bits per heavy atom. The molecule has 0 N–H and O–H groups in total. The third-order valence-corrected chi connectivity index (χ3v) is 12.6. The molecule has 2 nitrogen and oxygen atoms in total. The summed E-state index contributed by atoms with van der Waals surface area (Å²) in [6.45, 7) is 0. The topological polar surface area (TPSA) is 18.5 Å². The first-order valence-corrected chi connectivity index (χ1v) is 17.5. The van der Waals surface area contributed by atoms with Crippen molar-refractivity contribution in [3.05, 3.63) is 133 Å². The zero-order valence-electron chi connectivity index (χ0n) is 25.1. The molecule has 0 spiro atoms. The van der Waals surface area contributed by atoms with Gasteiger partial charge in [0.25, 0.3) is 0 Å². The van der Waals surface area contributed by atoms with Crippen molar-refractivity contribution in [2.45, 2.75) is 6.42 Å². The average molecular weight is 740 g/mol. The molecule has 4 aromatic rings. The average Bonchev–Trinajstić information content (AvgIpc) is 3.71. The van der Waals surface area contributed by atoms with Crippen molar-refractivity contribution in [2.75, 3.05) is 26.5 Å². The van der Waals surface area contributed by atoms with Crippen molar-refractivity contribution in [3.63, 3.8) is 0 Å². The minimum atomic E-state index is -6.00. The number of allylic oxidation sites excluding steroid dienone is 4. The van der Waals surface area contributed by atoms with Gasteiger partial charge in [-0.25, -0.2) is 0 Å². The molecule has 239 valence electrons. The summed E-state index contributed by atoms with van der Waals surface area (Å²) >= 11 is 0. The Bertz CT molecular complexity index is 1380. The van der Waals surface area contributed by atoms with Gasteiger partial charge in [-0.05, 0) is 69.2 Å². The fourth-order valence-electron chi connectivity index (χ4n) is 5.23. The number of rotatable bonds is 9. The molecule has 0 saturated heterocycles. The van der Waals surface area contributed by atoms with Crippen LogP contribution in [0.25, 0.3) is 0 Å². The molecular formula is C35H36BF4O2P2Rh-. The van der Waals surface area contributed by atoms with E-state index >= 15 is 0 Å². The molecule has 2 unspecified atom stereocenters. The third-order valence-electron chi connectivity index (χ3n) is 7.19. The van der Waals surface area contributed by atoms with Gasteiger partial charge < -0.3 is 26.7 Å². The van der Waals surface area contributed by atoms with Crippen molar-refractivity contribution in [1.29, 1.82) is 0 Å². The first-order valence-electron chi connectivity index (χ1n) is 14.4. The first kappa shape index (κ1) is 36.7. The second kappa shape index (κ2) is 18.4. The number of halogens is 4. The van der Waals surface area contributed by atoms with Crippen LogP contribution in [0.15, 0.2) is 133 Å². The molecular weight excluding hydrogens is 704 g/mol. The van der Waals surface area contributed by atoms with E-state index in [2.05, 4.69) is 121 Å². The number of hydrogen-bond acceptors (Lipinski definition) is 2. The maximum atomic E-state index is 9.75. The van der Waals surface area contributed by atoms with E-state index in [9.17, 15) is 17.3 Å². The molecule has 6 rings (SSSR count). The molecule has 0 amide bonds. The Labute approximate surface area is 279 Å². The monoisotopic (exact) mass is 740 g/mol. The van der Waals surface area contributed by atoms with Gasteiger partial charge in [0.05, 0.1) is 14.2 Å². The molecule has 2 aliphatic rings. The van der Waals surface area contributed by atoms with Gasteiger partial charge >= 0.3 is 7.25 Å². The minimum absolute atomic E-state index is 0. The van der Waals surface area contributed by atoms with Gasteiger partial charge in [0.2, 0.25) is 0 Å². The summed E-state index contributed by atoms with van der Waals surface area (Å²) in [6, 6.07) is 38.7. The van der Waals surface area contributed by atoms with Gasteiger partial charge in [-0.3, -0.25) is 0 Å². The molecule has 45 heavy (non-hydrogen) atoms. The van der Waals surface area contributed by atoms with Crippen LogP contribution in [-0.2, 0) is 19.5 Å². The second-order valence-corrected chi connectivity index (χ2v) is 14.7. The maximum Gasteiger partial charge on any atom is 0.673 e. The predicted octanol–water partition coefficient (Wildman–Crippen LogP) is 8.32. The van der Waals surface area contributed by atoms with Gasteiger partial charge in [0.1, 0.15) is 11.5 Å². The van der Waals surface area contributed by atoms with E-state index < -0.39 is 23.1 Å². The number of hydrogen-bond donors (Lipinski definition) is 0. The van der Waals surface area contributed by atoms with Crippen LogP contribution in [0.5, 0.6) is 11.5 Å². The summed E-state index contributed by atoms with van der Waals surface area (Å²) in [6.07, 6.45) is 12.7. The van der Waals surface area contributed by atoms with Gasteiger partial charge in [-0.15, -0.1) is 0 Å². The van der Waals surface area contributed by atoms with E-state index in [1.165, 1.54) is 27.6 Å². The molecule has 0 heterocycles. The number of ether oxygens (including phenoxy) is 2. The van der Waals surface area contributed by atoms with Gasteiger partial charge in [0, 0.05) is 30.1 Å². The zero-order valence-corrected chi connectivity index (χ0v) is 28.5. The Hall–Kier alpha value is -2.77. The molecule has 2 aliphatic carbocycles. The minimum Gasteiger partial charge on any atom is -0.496 e. The van der Waals surface area contributed by atoms with Crippen LogP contribution in [0.2, 0.25) is 0 Å². The van der Waals surface area contributed by atoms with E-state index in [4.69, 9.17) is 9.47 Å². The zero-order chi connectivity index (χ0) is 31.4. The van der Waals surface area contributed by atoms with Gasteiger partial charge in [-0.2, -0.15) is 0 Å². The number of benzene rings is 4. The van der Waals surface area contributed by atoms with Crippen LogP contribution < -0.4 is 30.7 Å². The molecule has 0 fully saturated rings. The Kier molecular flexibility index (Phi) is 15.0. The molecule has 4 aromatic carbocycles. The summed E-state index contributed by atoms with van der Waals surface area (Å²) < 4.78 is 50.5. The molecule has 0 aliphatic heterocycles. The van der Waals surface area contributed by atoms with E-state index in [0.29, 0.717) is 0 Å². The normalized spacial score (nSPS) is 17.1. The summed E-state index contributed by atoms with van der Waals surface area (Å²) in [7, 11) is -3.57. The second-order valence-electron chi connectivity index (χ2n) is 10.1. The van der Waals surface area contributed by atoms with Crippen molar-refractivity contribution >= 4 is 44.3 Å². The van der Waals surface area contributed by atoms with E-state index in [1.807, 2.05) is 12.1 Å². The van der Waals surface area contributed by atoms with Gasteiger partial charge in [0.15, 0.2) is 0 Å². The van der Waals surface area contributed by atoms with Crippen molar-refractivity contribution < 1.29 is 46.2 Å². The van der Waals surface area contributed by atoms with Crippen LogP contribution in [0, 0.1) is 11.8 Å². The fraction of sp³-hybridized carbons (Fsp3) is 0.200. The molecule has 2 atom stereocenters. The van der Waals surface area contributed by atoms with Crippen LogP contribution in [0.3, 0.4) is 0 Å². The Morgan fingerprint density at radius 1 is 0.556 bits per heavy atom. The summed E-state index contributed by atoms with van der Waals surface area (Å²) in [5.41, 5.74) is 0. The van der Waals surface area contributed by atoms with Crippen molar-refractivity contribution in [1.82, 2.24) is 0 Å². The maximum absolute atomic E-state index is 9.75. The van der Waals surface area contributed by atoms with Crippen LogP contribution in [0.4, 0.5) is 17.3 Å². The summed E-state index contributed by atoms with van der Waals surface area (Å²) in [4.78, 5) is 0. The number of fused-ring (bicyclic) bond motifs is 2. The van der Waals surface area contributed by atoms with Crippen molar-refractivity contribution in [3.8, 4) is 11.5 Å². The summed E-state index contributed by atoms with van der Waals surface area (Å²) in [5, 5.41) is 5.38. The molecule has 0 aromatic heterocycles. The van der Waals surface area contributed by atoms with Crippen LogP contribution >= 0.6 is 15.8 Å². The summed E-state index contributed by atoms with van der Waals surface area (Å²) in [5.74, 6) is 3.57. The predicted molar refractivity (Wildman–Crippen MR) is 181 cm³/mol. The smallest absolute Gasteiger partial charge is 0.496 e. The molecule has 10 heteroatoms. The quantitative estimate of drug-likeness (QED) is 0.0745. The Morgan fingerprint density at radius 2 is 0.867 bits per heavy atom. The standard InChI is InChI=1S/C28H28O2P2.C7H8.BF4.Rh/c1-29-25-17-9-11-19-27(25)31(23-13-5-3-6-14-23)21-22-32(24-15-7-4-8-16-24)28-20-12-10-18-26(28)30-2;1-2-7-4-3-6(1)5-7;2-1(3,4)5;/h3-20H,21-22H2,1-2H3;1-4,6-7H,5H2;;/q;;-1;. The largest absolute Gasteiger partial charge is 0.673 e. The fourth-order valence-corrected chi connectivity index (χ4v) is 10.8. The van der Waals surface area contributed by atoms with Crippen LogP contribution in [0.1, 0.15) is 6.42 Å². The van der Waals surface area contributed by atoms with E-state index in [1.54, 1.807) is 14.2 Å². The Balaban J connectivity index is 0.000000353. The molecule has 0 saturated carbocycles. The van der Waals surface area contributed by atoms with E-state index in [-0.39, 0.29) is 19.5 Å². The first-order chi connectivity index (χ1) is 21.3. The number of para-hydroxylation sites is 2. The SMILES string of the molecule is C1=CC2C=CC1C2.COc1ccccc1P(CCP(c1ccccc1)c1ccccc1OC)c1ccccc1.F[B-](F)(F)F.[Rh]. The van der Waals surface area contributed by atoms with E-state index in [0.717, 1.165) is 35.7 Å².